The number of aliphatic hydroxyl groups excluding tert-OH is 1. The number of pyridine rings is 1. The number of nitrogens with zero attached hydrogens (tertiary/aromatic N) is 1. The molecule has 2 nitrogen and oxygen atoms in total. The van der Waals surface area contributed by atoms with Crippen molar-refractivity contribution in [3.63, 3.8) is 0 Å². The largest absolute Gasteiger partial charge is 0.389 e. The second-order valence-electron chi connectivity index (χ2n) is 3.96. The highest BCUT2D eigenvalue weighted by molar-refractivity contribution is 5.01. The van der Waals surface area contributed by atoms with Gasteiger partial charge in [-0.05, 0) is 19.4 Å². The summed E-state index contributed by atoms with van der Waals surface area (Å²) >= 11 is 0. The molecule has 2 atom stereocenters. The van der Waals surface area contributed by atoms with Crippen LogP contribution in [0.2, 0.25) is 0 Å². The van der Waals surface area contributed by atoms with Gasteiger partial charge < -0.3 is 5.11 Å². The van der Waals surface area contributed by atoms with Crippen LogP contribution >= 0.6 is 0 Å². The molecule has 0 aliphatic carbocycles. The fourth-order valence-corrected chi connectivity index (χ4v) is 1.66. The minimum Gasteiger partial charge on any atom is -0.389 e. The Morgan fingerprint density at radius 2 is 2.21 bits per heavy atom. The molecule has 1 N–H and O–H groups in total. The average molecular weight is 194 g/mol. The molecule has 0 spiro atoms. The Morgan fingerprint density at radius 3 is 2.71 bits per heavy atom. The highest BCUT2D eigenvalue weighted by atomic mass is 16.3. The number of aryl methyl sites for hydroxylation is 1. The quantitative estimate of drug-likeness (QED) is 0.727. The first-order valence-electron chi connectivity index (χ1n) is 5.27. The Kier molecular flexibility index (Phi) is 4.08. The lowest BCUT2D eigenvalue weighted by molar-refractivity contribution is -0.731. The molecule has 0 aliphatic heterocycles. The maximum atomic E-state index is 9.35. The van der Waals surface area contributed by atoms with Gasteiger partial charge in [-0.2, -0.15) is 4.57 Å². The number of aromatic nitrogens is 1. The summed E-state index contributed by atoms with van der Waals surface area (Å²) in [7, 11) is 0. The summed E-state index contributed by atoms with van der Waals surface area (Å²) in [5.74, 6) is 0.506. The smallest absolute Gasteiger partial charge is 0.183 e. The van der Waals surface area contributed by atoms with Crippen molar-refractivity contribution in [1.82, 2.24) is 0 Å². The summed E-state index contributed by atoms with van der Waals surface area (Å²) in [6.07, 6.45) is 5.21. The van der Waals surface area contributed by atoms with Crippen molar-refractivity contribution in [2.24, 2.45) is 5.92 Å². The second-order valence-corrected chi connectivity index (χ2v) is 3.96. The fraction of sp³-hybridized carbons (Fsp3) is 0.583. The number of rotatable bonds is 4. The molecule has 0 aliphatic rings. The van der Waals surface area contributed by atoms with Crippen LogP contribution in [-0.4, -0.2) is 11.7 Å². The minimum atomic E-state index is 0.208. The summed E-state index contributed by atoms with van der Waals surface area (Å²) in [6.45, 7) is 6.62. The molecule has 1 aromatic heterocycles. The molecule has 0 fully saturated rings. The van der Waals surface area contributed by atoms with Gasteiger partial charge in [0.1, 0.15) is 6.61 Å². The number of aliphatic hydroxyl groups is 1. The van der Waals surface area contributed by atoms with E-state index in [0.29, 0.717) is 5.92 Å². The van der Waals surface area contributed by atoms with Crippen LogP contribution in [-0.2, 0) is 0 Å². The molecule has 1 rings (SSSR count). The predicted octanol–water partition coefficient (Wildman–Crippen LogP) is 1.86. The molecule has 0 radical (unpaired) electrons. The van der Waals surface area contributed by atoms with Gasteiger partial charge in [0, 0.05) is 17.5 Å². The van der Waals surface area contributed by atoms with Gasteiger partial charge in [-0.25, -0.2) is 0 Å². The minimum absolute atomic E-state index is 0.208. The molecule has 1 unspecified atom stereocenters. The third kappa shape index (κ3) is 2.55. The van der Waals surface area contributed by atoms with Crippen LogP contribution < -0.4 is 4.57 Å². The van der Waals surface area contributed by atoms with Gasteiger partial charge in [0.2, 0.25) is 0 Å². The van der Waals surface area contributed by atoms with E-state index in [4.69, 9.17) is 0 Å². The van der Waals surface area contributed by atoms with Crippen LogP contribution in [0.25, 0.3) is 0 Å². The zero-order valence-electron chi connectivity index (χ0n) is 9.27. The van der Waals surface area contributed by atoms with Crippen molar-refractivity contribution in [1.29, 1.82) is 0 Å². The van der Waals surface area contributed by atoms with Crippen LogP contribution in [0.1, 0.15) is 31.9 Å². The fourth-order valence-electron chi connectivity index (χ4n) is 1.66. The van der Waals surface area contributed by atoms with Crippen molar-refractivity contribution in [3.05, 3.63) is 30.1 Å². The zero-order chi connectivity index (χ0) is 10.6. The molecule has 78 valence electrons. The van der Waals surface area contributed by atoms with Crippen molar-refractivity contribution in [3.8, 4) is 0 Å². The van der Waals surface area contributed by atoms with E-state index in [-0.39, 0.29) is 12.6 Å². The van der Waals surface area contributed by atoms with Crippen LogP contribution in [0.3, 0.4) is 0 Å². The standard InChI is InChI=1S/C12H20NO/c1-4-11(3)12(9-14)13-7-5-6-10(2)8-13/h5-8,11-12,14H,4,9H2,1-3H3/q+1/t11-,12?/m0/s1. The zero-order valence-corrected chi connectivity index (χ0v) is 9.27. The molecule has 2 heteroatoms. The van der Waals surface area contributed by atoms with Gasteiger partial charge in [-0.1, -0.05) is 13.8 Å². The first kappa shape index (κ1) is 11.2. The van der Waals surface area contributed by atoms with E-state index in [1.54, 1.807) is 0 Å². The second kappa shape index (κ2) is 5.11. The van der Waals surface area contributed by atoms with E-state index >= 15 is 0 Å². The topological polar surface area (TPSA) is 24.1 Å². The first-order chi connectivity index (χ1) is 6.69. The van der Waals surface area contributed by atoms with Gasteiger partial charge in [0.15, 0.2) is 18.4 Å². The first-order valence-corrected chi connectivity index (χ1v) is 5.27. The summed E-state index contributed by atoms with van der Waals surface area (Å²) in [5, 5.41) is 9.35. The maximum Gasteiger partial charge on any atom is 0.183 e. The molecule has 1 aromatic rings. The molecular formula is C12H20NO+. The van der Waals surface area contributed by atoms with E-state index in [2.05, 4.69) is 37.6 Å². The lowest BCUT2D eigenvalue weighted by atomic mass is 9.99. The third-order valence-electron chi connectivity index (χ3n) is 2.84. The molecule has 14 heavy (non-hydrogen) atoms. The van der Waals surface area contributed by atoms with Gasteiger partial charge in [0.25, 0.3) is 0 Å². The molecule has 0 saturated carbocycles. The van der Waals surface area contributed by atoms with Gasteiger partial charge in [0.05, 0.1) is 0 Å². The van der Waals surface area contributed by atoms with Gasteiger partial charge >= 0.3 is 0 Å². The van der Waals surface area contributed by atoms with Crippen LogP contribution in [0.5, 0.6) is 0 Å². The molecule has 0 saturated heterocycles. The Balaban J connectivity index is 2.89. The van der Waals surface area contributed by atoms with Crippen LogP contribution in [0, 0.1) is 12.8 Å². The molecule has 0 amide bonds. The van der Waals surface area contributed by atoms with Crippen LogP contribution in [0.15, 0.2) is 24.5 Å². The molecule has 0 bridgehead atoms. The van der Waals surface area contributed by atoms with Gasteiger partial charge in [-0.3, -0.25) is 0 Å². The molecule has 0 aromatic carbocycles. The maximum absolute atomic E-state index is 9.35. The summed E-state index contributed by atoms with van der Waals surface area (Å²) in [6, 6.07) is 4.31. The van der Waals surface area contributed by atoms with Crippen LogP contribution in [0.4, 0.5) is 0 Å². The van der Waals surface area contributed by atoms with E-state index in [1.165, 1.54) is 5.56 Å². The lowest BCUT2D eigenvalue weighted by Crippen LogP contribution is -2.44. The predicted molar refractivity (Wildman–Crippen MR) is 57.0 cm³/mol. The molecule has 1 heterocycles. The monoisotopic (exact) mass is 194 g/mol. The Hall–Kier alpha value is -0.890. The number of hydrogen-bond donors (Lipinski definition) is 1. The van der Waals surface area contributed by atoms with Gasteiger partial charge in [-0.15, -0.1) is 0 Å². The van der Waals surface area contributed by atoms with Crippen molar-refractivity contribution < 1.29 is 9.67 Å². The van der Waals surface area contributed by atoms with E-state index < -0.39 is 0 Å². The normalized spacial score (nSPS) is 15.1. The van der Waals surface area contributed by atoms with E-state index in [1.807, 2.05) is 12.3 Å². The van der Waals surface area contributed by atoms with E-state index in [0.717, 1.165) is 6.42 Å². The summed E-state index contributed by atoms with van der Waals surface area (Å²) in [5.41, 5.74) is 1.23. The average Bonchev–Trinajstić information content (AvgIpc) is 2.19. The summed E-state index contributed by atoms with van der Waals surface area (Å²) < 4.78 is 2.11. The Morgan fingerprint density at radius 1 is 1.50 bits per heavy atom. The summed E-state index contributed by atoms with van der Waals surface area (Å²) in [4.78, 5) is 0. The van der Waals surface area contributed by atoms with Crippen molar-refractivity contribution in [2.45, 2.75) is 33.2 Å². The molecular weight excluding hydrogens is 174 g/mol. The third-order valence-corrected chi connectivity index (χ3v) is 2.84. The van der Waals surface area contributed by atoms with Crippen molar-refractivity contribution >= 4 is 0 Å². The lowest BCUT2D eigenvalue weighted by Gasteiger charge is -2.15. The number of hydrogen-bond acceptors (Lipinski definition) is 1. The van der Waals surface area contributed by atoms with Crippen molar-refractivity contribution in [2.75, 3.05) is 6.61 Å². The highest BCUT2D eigenvalue weighted by Gasteiger charge is 2.23. The Bertz CT molecular complexity index is 285. The van der Waals surface area contributed by atoms with E-state index in [9.17, 15) is 5.11 Å². The SMILES string of the molecule is CC[C@H](C)C(CO)[n+]1cccc(C)c1. The highest BCUT2D eigenvalue weighted by Crippen LogP contribution is 2.14. The Labute approximate surface area is 86.2 Å².